The van der Waals surface area contributed by atoms with Crippen molar-refractivity contribution >= 4 is 17.7 Å². The molecule has 1 amide bonds. The molecule has 136 valence electrons. The van der Waals surface area contributed by atoms with Crippen molar-refractivity contribution in [2.75, 3.05) is 12.3 Å². The van der Waals surface area contributed by atoms with E-state index in [9.17, 15) is 4.79 Å². The molecule has 0 spiro atoms. The Hall–Kier alpha value is -2.08. The number of hydrogen-bond acceptors (Lipinski definition) is 4. The van der Waals surface area contributed by atoms with Crippen molar-refractivity contribution in [1.82, 2.24) is 20.1 Å². The number of nitrogens with zero attached hydrogens (tertiary/aromatic N) is 3. The van der Waals surface area contributed by atoms with E-state index in [0.29, 0.717) is 24.8 Å². The molecule has 0 atom stereocenters. The van der Waals surface area contributed by atoms with Gasteiger partial charge in [0.2, 0.25) is 5.91 Å². The summed E-state index contributed by atoms with van der Waals surface area (Å²) in [6.07, 6.45) is 6.51. The third kappa shape index (κ3) is 3.70. The maximum atomic E-state index is 12.3. The maximum absolute atomic E-state index is 12.3. The van der Waals surface area contributed by atoms with Crippen molar-refractivity contribution in [3.8, 4) is 0 Å². The molecule has 1 aromatic carbocycles. The van der Waals surface area contributed by atoms with E-state index in [-0.39, 0.29) is 11.3 Å². The number of hydrogen-bond donors (Lipinski definition) is 1. The lowest BCUT2D eigenvalue weighted by atomic mass is 9.96. The molecule has 2 aromatic rings. The molecule has 1 N–H and O–H groups in total. The minimum Gasteiger partial charge on any atom is -0.354 e. The first-order valence-corrected chi connectivity index (χ1v) is 10.2. The van der Waals surface area contributed by atoms with Crippen molar-refractivity contribution in [2.45, 2.75) is 48.7 Å². The number of amides is 1. The Labute approximate surface area is 158 Å². The number of nitrogens with one attached hydrogen (secondary N) is 1. The molecule has 2 fully saturated rings. The summed E-state index contributed by atoms with van der Waals surface area (Å²) in [7, 11) is 0. The highest BCUT2D eigenvalue weighted by Gasteiger charge is 2.44. The van der Waals surface area contributed by atoms with Crippen molar-refractivity contribution in [3.63, 3.8) is 0 Å². The summed E-state index contributed by atoms with van der Waals surface area (Å²) in [4.78, 5) is 12.3. The van der Waals surface area contributed by atoms with Crippen LogP contribution in [0.4, 0.5) is 0 Å². The van der Waals surface area contributed by atoms with Gasteiger partial charge in [-0.2, -0.15) is 0 Å². The van der Waals surface area contributed by atoms with Crippen LogP contribution in [0.5, 0.6) is 0 Å². The molecule has 2 saturated carbocycles. The second kappa shape index (κ2) is 7.27. The van der Waals surface area contributed by atoms with Crippen molar-refractivity contribution in [1.29, 1.82) is 0 Å². The molecular formula is C20H24N4OS. The van der Waals surface area contributed by atoms with Gasteiger partial charge in [0.25, 0.3) is 0 Å². The lowest BCUT2D eigenvalue weighted by Gasteiger charge is -2.16. The highest BCUT2D eigenvalue weighted by atomic mass is 32.2. The van der Waals surface area contributed by atoms with E-state index in [1.807, 2.05) is 12.1 Å². The highest BCUT2D eigenvalue weighted by Crippen LogP contribution is 2.47. The van der Waals surface area contributed by atoms with Crippen LogP contribution in [0.25, 0.3) is 0 Å². The van der Waals surface area contributed by atoms with Crippen molar-refractivity contribution in [2.24, 2.45) is 0 Å². The van der Waals surface area contributed by atoms with Crippen LogP contribution in [0.3, 0.4) is 0 Å². The third-order valence-corrected chi connectivity index (χ3v) is 6.16. The zero-order chi connectivity index (χ0) is 18.0. The van der Waals surface area contributed by atoms with E-state index in [1.54, 1.807) is 0 Å². The fourth-order valence-corrected chi connectivity index (χ4v) is 4.09. The van der Waals surface area contributed by atoms with Gasteiger partial charge in [0.05, 0.1) is 5.75 Å². The summed E-state index contributed by atoms with van der Waals surface area (Å²) in [6, 6.07) is 10.5. The van der Waals surface area contributed by atoms with Crippen LogP contribution in [-0.4, -0.2) is 33.0 Å². The molecule has 1 aromatic heterocycles. The number of allylic oxidation sites excluding steroid dienone is 1. The van der Waals surface area contributed by atoms with E-state index in [0.717, 1.165) is 23.8 Å². The Bertz CT molecular complexity index is 793. The Morgan fingerprint density at radius 3 is 2.73 bits per heavy atom. The summed E-state index contributed by atoms with van der Waals surface area (Å²) >= 11 is 1.46. The van der Waals surface area contributed by atoms with E-state index >= 15 is 0 Å². The van der Waals surface area contributed by atoms with Crippen LogP contribution >= 0.6 is 11.8 Å². The van der Waals surface area contributed by atoms with Crippen molar-refractivity contribution in [3.05, 3.63) is 54.4 Å². The lowest BCUT2D eigenvalue weighted by Crippen LogP contribution is -2.33. The molecule has 0 radical (unpaired) electrons. The van der Waals surface area contributed by atoms with E-state index in [1.165, 1.54) is 30.2 Å². The minimum atomic E-state index is 0.0540. The number of carbonyl (C=O) groups excluding carboxylic acids is 1. The molecule has 0 unspecified atom stereocenters. The number of aromatic nitrogens is 3. The Morgan fingerprint density at radius 2 is 2.08 bits per heavy atom. The zero-order valence-corrected chi connectivity index (χ0v) is 15.7. The van der Waals surface area contributed by atoms with Crippen molar-refractivity contribution < 1.29 is 4.79 Å². The average molecular weight is 369 g/mol. The fourth-order valence-electron chi connectivity index (χ4n) is 3.31. The molecule has 2 aliphatic carbocycles. The number of thioether (sulfide) groups is 1. The molecule has 2 aliphatic rings. The van der Waals surface area contributed by atoms with Crippen LogP contribution < -0.4 is 5.32 Å². The number of carbonyl (C=O) groups is 1. The number of benzene rings is 1. The molecule has 6 heteroatoms. The van der Waals surface area contributed by atoms with Crippen LogP contribution in [0, 0.1) is 0 Å². The first-order valence-electron chi connectivity index (χ1n) is 9.21. The van der Waals surface area contributed by atoms with E-state index in [2.05, 4.69) is 50.9 Å². The smallest absolute Gasteiger partial charge is 0.230 e. The second-order valence-electron chi connectivity index (χ2n) is 7.23. The zero-order valence-electron chi connectivity index (χ0n) is 14.9. The molecule has 1 heterocycles. The molecule has 4 rings (SSSR count). The molecule has 26 heavy (non-hydrogen) atoms. The predicted octanol–water partition coefficient (Wildman–Crippen LogP) is 3.28. The van der Waals surface area contributed by atoms with Gasteiger partial charge in [0.1, 0.15) is 5.82 Å². The van der Waals surface area contributed by atoms with Gasteiger partial charge in [0, 0.05) is 24.4 Å². The molecule has 0 saturated heterocycles. The number of rotatable bonds is 9. The lowest BCUT2D eigenvalue weighted by molar-refractivity contribution is -0.118. The van der Waals surface area contributed by atoms with Gasteiger partial charge in [-0.25, -0.2) is 0 Å². The maximum Gasteiger partial charge on any atom is 0.230 e. The molecular weight excluding hydrogens is 344 g/mol. The highest BCUT2D eigenvalue weighted by molar-refractivity contribution is 7.99. The predicted molar refractivity (Wildman–Crippen MR) is 103 cm³/mol. The Morgan fingerprint density at radius 1 is 1.31 bits per heavy atom. The monoisotopic (exact) mass is 368 g/mol. The van der Waals surface area contributed by atoms with Gasteiger partial charge < -0.3 is 9.88 Å². The van der Waals surface area contributed by atoms with Crippen LogP contribution in [0.2, 0.25) is 0 Å². The van der Waals surface area contributed by atoms with Gasteiger partial charge in [-0.05, 0) is 31.2 Å². The summed E-state index contributed by atoms with van der Waals surface area (Å²) in [5, 5.41) is 12.5. The summed E-state index contributed by atoms with van der Waals surface area (Å²) in [5.41, 5.74) is 1.47. The summed E-state index contributed by atoms with van der Waals surface area (Å²) < 4.78 is 2.09. The average Bonchev–Trinajstić information content (AvgIpc) is 3.59. The third-order valence-electron chi connectivity index (χ3n) is 5.20. The first-order chi connectivity index (χ1) is 12.7. The normalized spacial score (nSPS) is 17.7. The first kappa shape index (κ1) is 17.3. The SMILES string of the molecule is C=CCn1c(SCC(=O)NCC2(c3ccccc3)CC2)nnc1C1CC1. The van der Waals surface area contributed by atoms with Gasteiger partial charge in [0.15, 0.2) is 5.16 Å². The van der Waals surface area contributed by atoms with Gasteiger partial charge in [-0.15, -0.1) is 16.8 Å². The van der Waals surface area contributed by atoms with Gasteiger partial charge >= 0.3 is 0 Å². The quantitative estimate of drug-likeness (QED) is 0.545. The molecule has 5 nitrogen and oxygen atoms in total. The Kier molecular flexibility index (Phi) is 4.85. The molecule has 0 bridgehead atoms. The fraction of sp³-hybridized carbons (Fsp3) is 0.450. The van der Waals surface area contributed by atoms with Gasteiger partial charge in [-0.3, -0.25) is 4.79 Å². The topological polar surface area (TPSA) is 59.8 Å². The largest absolute Gasteiger partial charge is 0.354 e. The summed E-state index contributed by atoms with van der Waals surface area (Å²) in [5.74, 6) is 1.99. The standard InChI is InChI=1S/C20H24N4OS/c1-2-12-24-18(15-8-9-15)22-23-19(24)26-13-17(25)21-14-20(10-11-20)16-6-4-3-5-7-16/h2-7,15H,1,8-14H2,(H,21,25). The van der Waals surface area contributed by atoms with Gasteiger partial charge in [-0.1, -0.05) is 48.2 Å². The second-order valence-corrected chi connectivity index (χ2v) is 8.17. The summed E-state index contributed by atoms with van der Waals surface area (Å²) in [6.45, 7) is 5.23. The van der Waals surface area contributed by atoms with Crippen LogP contribution in [0.1, 0.15) is 43.0 Å². The minimum absolute atomic E-state index is 0.0540. The Balaban J connectivity index is 1.31. The molecule has 0 aliphatic heterocycles. The van der Waals surface area contributed by atoms with Crippen LogP contribution in [-0.2, 0) is 16.8 Å². The van der Waals surface area contributed by atoms with Crippen LogP contribution in [0.15, 0.2) is 48.1 Å². The van der Waals surface area contributed by atoms with E-state index in [4.69, 9.17) is 0 Å². The van der Waals surface area contributed by atoms with E-state index < -0.39 is 0 Å².